The van der Waals surface area contributed by atoms with Crippen molar-refractivity contribution in [2.24, 2.45) is 46.3 Å². The number of amides is 1. The van der Waals surface area contributed by atoms with Gasteiger partial charge in [-0.2, -0.15) is 0 Å². The van der Waals surface area contributed by atoms with Crippen LogP contribution < -0.4 is 5.32 Å². The molecule has 0 heterocycles. The SMILES string of the molecule is CC(C)CCC[C@@H](C)C1CCC2C3CC=C4C[C@@H](OC(=O)NCCCOCCOCCOCCOP(=O)(O)C(C)(C)C)CC[C@]4(C)C3CC[C@@]21C. The molecule has 0 aromatic carbocycles. The molecule has 4 aliphatic rings. The molecule has 0 bridgehead atoms. The predicted octanol–water partition coefficient (Wildman–Crippen LogP) is 9.56. The van der Waals surface area contributed by atoms with Gasteiger partial charge < -0.3 is 33.7 Å². The van der Waals surface area contributed by atoms with Gasteiger partial charge in [-0.05, 0) is 118 Å². The van der Waals surface area contributed by atoms with Crippen LogP contribution in [0.3, 0.4) is 0 Å². The number of allylic oxidation sites excluding steroid dienone is 1. The minimum Gasteiger partial charge on any atom is -0.446 e. The van der Waals surface area contributed by atoms with Crippen molar-refractivity contribution >= 4 is 13.7 Å². The molecule has 0 saturated heterocycles. The van der Waals surface area contributed by atoms with Gasteiger partial charge >= 0.3 is 13.7 Å². The monoisotopic (exact) mass is 740 g/mol. The van der Waals surface area contributed by atoms with Crippen LogP contribution in [0.15, 0.2) is 11.6 Å². The second-order valence-corrected chi connectivity index (χ2v) is 20.8. The van der Waals surface area contributed by atoms with E-state index in [0.717, 1.165) is 54.8 Å². The highest BCUT2D eigenvalue weighted by molar-refractivity contribution is 7.54. The first-order chi connectivity index (χ1) is 24.1. The van der Waals surface area contributed by atoms with Gasteiger partial charge in [0.05, 0.1) is 44.8 Å². The number of nitrogens with one attached hydrogen (secondary N) is 1. The van der Waals surface area contributed by atoms with Gasteiger partial charge in [0.15, 0.2) is 0 Å². The fraction of sp³-hybridized carbons (Fsp3) is 0.927. The first-order valence-corrected chi connectivity index (χ1v) is 22.0. The molecule has 0 radical (unpaired) electrons. The van der Waals surface area contributed by atoms with Crippen molar-refractivity contribution < 1.29 is 37.7 Å². The minimum absolute atomic E-state index is 0.0397. The van der Waals surface area contributed by atoms with E-state index in [1.807, 2.05) is 0 Å². The Balaban J connectivity index is 1.07. The summed E-state index contributed by atoms with van der Waals surface area (Å²) in [5, 5.41) is 2.11. The first kappa shape index (κ1) is 42.8. The molecule has 1 amide bonds. The molecule has 296 valence electrons. The first-order valence-electron chi connectivity index (χ1n) is 20.4. The molecule has 0 aliphatic heterocycles. The molecule has 9 nitrogen and oxygen atoms in total. The topological polar surface area (TPSA) is 113 Å². The number of carbonyl (C=O) groups excluding carboxylic acids is 1. The second-order valence-electron chi connectivity index (χ2n) is 18.2. The van der Waals surface area contributed by atoms with E-state index < -0.39 is 12.8 Å². The van der Waals surface area contributed by atoms with Gasteiger partial charge in [-0.3, -0.25) is 4.57 Å². The van der Waals surface area contributed by atoms with Crippen LogP contribution in [0.2, 0.25) is 0 Å². The fourth-order valence-corrected chi connectivity index (χ4v) is 11.0. The van der Waals surface area contributed by atoms with Crippen LogP contribution in [-0.4, -0.2) is 75.0 Å². The largest absolute Gasteiger partial charge is 0.446 e. The van der Waals surface area contributed by atoms with Gasteiger partial charge in [-0.1, -0.05) is 65.5 Å². The van der Waals surface area contributed by atoms with Crippen LogP contribution in [0.4, 0.5) is 4.79 Å². The molecular formula is C41H74NO8P. The molecule has 3 saturated carbocycles. The maximum absolute atomic E-state index is 12.7. The Morgan fingerprint density at radius 1 is 0.902 bits per heavy atom. The number of rotatable bonds is 20. The van der Waals surface area contributed by atoms with Crippen LogP contribution in [-0.2, 0) is 28.0 Å². The van der Waals surface area contributed by atoms with Gasteiger partial charge in [0, 0.05) is 19.6 Å². The number of carbonyl (C=O) groups is 1. The van der Waals surface area contributed by atoms with E-state index in [0.29, 0.717) is 51.4 Å². The zero-order valence-corrected chi connectivity index (χ0v) is 34.4. The molecule has 0 aromatic heterocycles. The highest BCUT2D eigenvalue weighted by atomic mass is 31.2. The van der Waals surface area contributed by atoms with Crippen LogP contribution in [0.25, 0.3) is 0 Å². The summed E-state index contributed by atoms with van der Waals surface area (Å²) in [6.45, 7) is 20.5. The maximum atomic E-state index is 12.7. The summed E-state index contributed by atoms with van der Waals surface area (Å²) in [7, 11) is -3.66. The fourth-order valence-electron chi connectivity index (χ4n) is 10.3. The number of fused-ring (bicyclic) bond motifs is 5. The second kappa shape index (κ2) is 19.1. The van der Waals surface area contributed by atoms with Crippen molar-refractivity contribution in [1.82, 2.24) is 5.32 Å². The standard InChI is InChI=1S/C41H74NO8P/c1-30(2)11-9-12-31(3)35-15-16-36-34-14-13-32-29-33(17-19-40(32,7)37(34)18-20-41(35,36)8)50-38(43)42-21-10-22-46-23-24-47-25-26-48-27-28-49-51(44,45)39(4,5)6/h13,30-31,33-37H,9-12,14-29H2,1-8H3,(H,42,43)(H,44,45)/t31-,33+,34?,35?,36?,37?,40+,41-/m1/s1. The highest BCUT2D eigenvalue weighted by Crippen LogP contribution is 2.67. The lowest BCUT2D eigenvalue weighted by molar-refractivity contribution is -0.0581. The van der Waals surface area contributed by atoms with E-state index in [1.54, 1.807) is 26.3 Å². The smallest absolute Gasteiger partial charge is 0.407 e. The Bertz CT molecular complexity index is 1170. The number of hydrogen-bond donors (Lipinski definition) is 2. The predicted molar refractivity (Wildman–Crippen MR) is 204 cm³/mol. The van der Waals surface area contributed by atoms with Gasteiger partial charge in [0.1, 0.15) is 6.10 Å². The van der Waals surface area contributed by atoms with Crippen molar-refractivity contribution in [3.05, 3.63) is 11.6 Å². The van der Waals surface area contributed by atoms with Crippen molar-refractivity contribution in [1.29, 1.82) is 0 Å². The Labute approximate surface area is 310 Å². The quantitative estimate of drug-likeness (QED) is 0.0722. The third kappa shape index (κ3) is 11.3. The van der Waals surface area contributed by atoms with Gasteiger partial charge in [0.25, 0.3) is 0 Å². The Morgan fingerprint density at radius 2 is 1.57 bits per heavy atom. The van der Waals surface area contributed by atoms with Crippen LogP contribution in [0, 0.1) is 46.3 Å². The van der Waals surface area contributed by atoms with Crippen molar-refractivity contribution in [3.8, 4) is 0 Å². The van der Waals surface area contributed by atoms with Crippen molar-refractivity contribution in [2.75, 3.05) is 52.8 Å². The molecular weight excluding hydrogens is 665 g/mol. The molecule has 2 N–H and O–H groups in total. The molecule has 10 heteroatoms. The lowest BCUT2D eigenvalue weighted by Gasteiger charge is -2.58. The van der Waals surface area contributed by atoms with E-state index in [4.69, 9.17) is 23.5 Å². The highest BCUT2D eigenvalue weighted by Gasteiger charge is 2.59. The van der Waals surface area contributed by atoms with Crippen LogP contribution in [0.1, 0.15) is 132 Å². The van der Waals surface area contributed by atoms with Crippen LogP contribution in [0.5, 0.6) is 0 Å². The molecule has 4 aliphatic carbocycles. The summed E-state index contributed by atoms with van der Waals surface area (Å²) in [6.07, 6.45) is 16.8. The molecule has 3 fully saturated rings. The van der Waals surface area contributed by atoms with Crippen molar-refractivity contribution in [2.45, 2.75) is 144 Å². The zero-order chi connectivity index (χ0) is 37.3. The van der Waals surface area contributed by atoms with Gasteiger partial charge in [0.2, 0.25) is 0 Å². The average molecular weight is 740 g/mol. The molecule has 9 atom stereocenters. The summed E-state index contributed by atoms with van der Waals surface area (Å²) < 4.78 is 39.6. The third-order valence-electron chi connectivity index (χ3n) is 13.4. The van der Waals surface area contributed by atoms with E-state index in [-0.39, 0.29) is 30.8 Å². The van der Waals surface area contributed by atoms with Gasteiger partial charge in [-0.15, -0.1) is 0 Å². The lowest BCUT2D eigenvalue weighted by atomic mass is 9.47. The molecule has 51 heavy (non-hydrogen) atoms. The summed E-state index contributed by atoms with van der Waals surface area (Å²) in [4.78, 5) is 22.5. The molecule has 0 aromatic rings. The van der Waals surface area contributed by atoms with E-state index in [2.05, 4.69) is 46.0 Å². The van der Waals surface area contributed by atoms with E-state index >= 15 is 0 Å². The van der Waals surface area contributed by atoms with E-state index in [9.17, 15) is 14.3 Å². The molecule has 0 spiro atoms. The Kier molecular flexibility index (Phi) is 16.0. The van der Waals surface area contributed by atoms with Crippen molar-refractivity contribution in [3.63, 3.8) is 0 Å². The Hall–Kier alpha value is -0.960. The zero-order valence-electron chi connectivity index (χ0n) is 33.5. The minimum atomic E-state index is -3.66. The number of ether oxygens (including phenoxy) is 4. The molecule has 5 unspecified atom stereocenters. The normalized spacial score (nSPS) is 32.4. The Morgan fingerprint density at radius 3 is 2.24 bits per heavy atom. The summed E-state index contributed by atoms with van der Waals surface area (Å²) >= 11 is 0. The maximum Gasteiger partial charge on any atom is 0.407 e. The van der Waals surface area contributed by atoms with Crippen LogP contribution >= 0.6 is 7.60 Å². The lowest BCUT2D eigenvalue weighted by Crippen LogP contribution is -2.51. The summed E-state index contributed by atoms with van der Waals surface area (Å²) in [5.41, 5.74) is 2.32. The number of alkyl carbamates (subject to hydrolysis) is 1. The molecule has 4 rings (SSSR count). The summed E-state index contributed by atoms with van der Waals surface area (Å²) in [5.74, 6) is 4.99. The van der Waals surface area contributed by atoms with E-state index in [1.165, 1.54) is 51.4 Å². The van der Waals surface area contributed by atoms with Gasteiger partial charge in [-0.25, -0.2) is 4.79 Å². The number of hydrogen-bond acceptors (Lipinski definition) is 7. The third-order valence-corrected chi connectivity index (χ3v) is 15.6. The average Bonchev–Trinajstić information content (AvgIpc) is 3.41. The summed E-state index contributed by atoms with van der Waals surface area (Å²) in [6, 6.07) is 0.